The fourth-order valence-corrected chi connectivity index (χ4v) is 2.39. The number of rotatable bonds is 2. The van der Waals surface area contributed by atoms with Crippen LogP contribution in [0.5, 0.6) is 0 Å². The van der Waals surface area contributed by atoms with Crippen molar-refractivity contribution in [1.29, 1.82) is 0 Å². The van der Waals surface area contributed by atoms with Crippen LogP contribution in [0.3, 0.4) is 0 Å². The molecular formula is C15H12BrClO2. The highest BCUT2D eigenvalue weighted by molar-refractivity contribution is 9.10. The Hall–Kier alpha value is -1.32. The second-order valence-corrected chi connectivity index (χ2v) is 5.41. The fourth-order valence-electron chi connectivity index (χ4n) is 1.90. The second kappa shape index (κ2) is 5.76. The molecule has 0 radical (unpaired) electrons. The number of aryl methyl sites for hydroxylation is 1. The van der Waals surface area contributed by atoms with Crippen molar-refractivity contribution in [3.8, 4) is 11.1 Å². The predicted octanol–water partition coefficient (Wildman–Crippen LogP) is 4.86. The van der Waals surface area contributed by atoms with Gasteiger partial charge in [0.2, 0.25) is 0 Å². The third kappa shape index (κ3) is 2.99. The molecule has 0 atom stereocenters. The summed E-state index contributed by atoms with van der Waals surface area (Å²) in [6.45, 7) is 1.96. The quantitative estimate of drug-likeness (QED) is 0.730. The molecule has 4 heteroatoms. The molecular weight excluding hydrogens is 328 g/mol. The van der Waals surface area contributed by atoms with Crippen LogP contribution in [0.25, 0.3) is 11.1 Å². The van der Waals surface area contributed by atoms with Crippen molar-refractivity contribution in [1.82, 2.24) is 0 Å². The summed E-state index contributed by atoms with van der Waals surface area (Å²) in [7, 11) is 1.38. The van der Waals surface area contributed by atoms with E-state index in [0.717, 1.165) is 21.2 Å². The minimum atomic E-state index is -0.327. The van der Waals surface area contributed by atoms with Crippen molar-refractivity contribution >= 4 is 33.5 Å². The monoisotopic (exact) mass is 338 g/mol. The Bertz CT molecular complexity index is 638. The van der Waals surface area contributed by atoms with Gasteiger partial charge in [-0.2, -0.15) is 0 Å². The van der Waals surface area contributed by atoms with Gasteiger partial charge in [0.25, 0.3) is 0 Å². The molecule has 98 valence electrons. The highest BCUT2D eigenvalue weighted by Gasteiger charge is 2.09. The molecule has 0 heterocycles. The van der Waals surface area contributed by atoms with Crippen LogP contribution >= 0.6 is 27.5 Å². The van der Waals surface area contributed by atoms with Crippen LogP contribution in [0, 0.1) is 6.92 Å². The smallest absolute Gasteiger partial charge is 0.337 e. The first-order chi connectivity index (χ1) is 9.02. The molecule has 0 spiro atoms. The lowest BCUT2D eigenvalue weighted by molar-refractivity contribution is 0.0600. The number of methoxy groups -OCH3 is 1. The number of benzene rings is 2. The number of hydrogen-bond acceptors (Lipinski definition) is 2. The van der Waals surface area contributed by atoms with Crippen molar-refractivity contribution < 1.29 is 9.53 Å². The van der Waals surface area contributed by atoms with Crippen LogP contribution in [-0.4, -0.2) is 13.1 Å². The molecule has 0 aliphatic carbocycles. The van der Waals surface area contributed by atoms with Crippen molar-refractivity contribution in [3.05, 3.63) is 57.0 Å². The third-order valence-corrected chi connectivity index (χ3v) is 4.09. The lowest BCUT2D eigenvalue weighted by atomic mass is 9.98. The molecule has 0 aromatic heterocycles. The topological polar surface area (TPSA) is 26.3 Å². The van der Waals surface area contributed by atoms with E-state index in [1.54, 1.807) is 6.07 Å². The van der Waals surface area contributed by atoms with Gasteiger partial charge >= 0.3 is 5.97 Å². The van der Waals surface area contributed by atoms with Gasteiger partial charge in [-0.25, -0.2) is 4.79 Å². The summed E-state index contributed by atoms with van der Waals surface area (Å²) in [6, 6.07) is 11.3. The van der Waals surface area contributed by atoms with Gasteiger partial charge in [-0.05, 0) is 63.8 Å². The van der Waals surface area contributed by atoms with Crippen LogP contribution in [0.1, 0.15) is 15.9 Å². The average molecular weight is 340 g/mol. The molecule has 0 unspecified atom stereocenters. The summed E-state index contributed by atoms with van der Waals surface area (Å²) in [5, 5.41) is 0.674. The van der Waals surface area contributed by atoms with Crippen LogP contribution < -0.4 is 0 Å². The highest BCUT2D eigenvalue weighted by Crippen LogP contribution is 2.30. The van der Waals surface area contributed by atoms with E-state index in [-0.39, 0.29) is 5.97 Å². The van der Waals surface area contributed by atoms with E-state index in [2.05, 4.69) is 15.9 Å². The average Bonchev–Trinajstić information content (AvgIpc) is 2.41. The van der Waals surface area contributed by atoms with Crippen molar-refractivity contribution in [2.24, 2.45) is 0 Å². The molecule has 0 N–H and O–H groups in total. The standard InChI is InChI=1S/C15H12BrClO2/c1-9-7-11(15(18)19-2)3-5-12(9)10-4-6-14(17)13(16)8-10/h3-8H,1-2H3. The summed E-state index contributed by atoms with van der Waals surface area (Å²) < 4.78 is 5.56. The van der Waals surface area contributed by atoms with E-state index in [4.69, 9.17) is 16.3 Å². The maximum Gasteiger partial charge on any atom is 0.337 e. The van der Waals surface area contributed by atoms with Crippen LogP contribution in [0.2, 0.25) is 5.02 Å². The van der Waals surface area contributed by atoms with E-state index in [1.807, 2.05) is 37.3 Å². The summed E-state index contributed by atoms with van der Waals surface area (Å²) in [5.74, 6) is -0.327. The molecule has 0 saturated carbocycles. The van der Waals surface area contributed by atoms with E-state index in [0.29, 0.717) is 10.6 Å². The van der Waals surface area contributed by atoms with Crippen LogP contribution in [-0.2, 0) is 4.74 Å². The Morgan fingerprint density at radius 2 is 1.95 bits per heavy atom. The Labute approximate surface area is 125 Å². The third-order valence-electron chi connectivity index (χ3n) is 2.88. The summed E-state index contributed by atoms with van der Waals surface area (Å²) in [6.07, 6.45) is 0. The number of hydrogen-bond donors (Lipinski definition) is 0. The first-order valence-corrected chi connectivity index (χ1v) is 6.84. The number of halogens is 2. The Morgan fingerprint density at radius 3 is 2.53 bits per heavy atom. The Morgan fingerprint density at radius 1 is 1.21 bits per heavy atom. The van der Waals surface area contributed by atoms with Crippen molar-refractivity contribution in [2.75, 3.05) is 7.11 Å². The molecule has 0 amide bonds. The van der Waals surface area contributed by atoms with Gasteiger partial charge in [0, 0.05) is 4.47 Å². The normalized spacial score (nSPS) is 10.3. The first-order valence-electron chi connectivity index (χ1n) is 5.67. The van der Waals surface area contributed by atoms with Gasteiger partial charge in [0.1, 0.15) is 0 Å². The SMILES string of the molecule is COC(=O)c1ccc(-c2ccc(Cl)c(Br)c2)c(C)c1. The zero-order chi connectivity index (χ0) is 14.0. The molecule has 0 saturated heterocycles. The number of esters is 1. The zero-order valence-corrected chi connectivity index (χ0v) is 12.9. The van der Waals surface area contributed by atoms with Gasteiger partial charge in [0.15, 0.2) is 0 Å². The molecule has 2 aromatic carbocycles. The predicted molar refractivity (Wildman–Crippen MR) is 80.7 cm³/mol. The summed E-state index contributed by atoms with van der Waals surface area (Å²) in [4.78, 5) is 11.5. The number of carbonyl (C=O) groups is 1. The lowest BCUT2D eigenvalue weighted by Crippen LogP contribution is -2.01. The van der Waals surface area contributed by atoms with E-state index in [1.165, 1.54) is 7.11 Å². The second-order valence-electron chi connectivity index (χ2n) is 4.15. The lowest BCUT2D eigenvalue weighted by Gasteiger charge is -2.09. The summed E-state index contributed by atoms with van der Waals surface area (Å²) in [5.41, 5.74) is 3.67. The number of carbonyl (C=O) groups excluding carboxylic acids is 1. The van der Waals surface area contributed by atoms with Gasteiger partial charge in [0.05, 0.1) is 17.7 Å². The van der Waals surface area contributed by atoms with Gasteiger partial charge < -0.3 is 4.74 Å². The van der Waals surface area contributed by atoms with Crippen molar-refractivity contribution in [3.63, 3.8) is 0 Å². The largest absolute Gasteiger partial charge is 0.465 e. The molecule has 2 nitrogen and oxygen atoms in total. The van der Waals surface area contributed by atoms with Crippen molar-refractivity contribution in [2.45, 2.75) is 6.92 Å². The fraction of sp³-hybridized carbons (Fsp3) is 0.133. The first kappa shape index (κ1) is 14.1. The molecule has 0 fully saturated rings. The minimum absolute atomic E-state index is 0.327. The summed E-state index contributed by atoms with van der Waals surface area (Å²) >= 11 is 9.40. The van der Waals surface area contributed by atoms with Gasteiger partial charge in [-0.3, -0.25) is 0 Å². The Kier molecular flexibility index (Phi) is 4.27. The van der Waals surface area contributed by atoms with Gasteiger partial charge in [-0.15, -0.1) is 0 Å². The van der Waals surface area contributed by atoms with E-state index < -0.39 is 0 Å². The minimum Gasteiger partial charge on any atom is -0.465 e. The molecule has 0 bridgehead atoms. The molecule has 0 aliphatic heterocycles. The molecule has 2 aromatic rings. The number of ether oxygens (including phenoxy) is 1. The van der Waals surface area contributed by atoms with E-state index in [9.17, 15) is 4.79 Å². The van der Waals surface area contributed by atoms with Gasteiger partial charge in [-0.1, -0.05) is 23.7 Å². The van der Waals surface area contributed by atoms with E-state index >= 15 is 0 Å². The Balaban J connectivity index is 2.46. The maximum atomic E-state index is 11.5. The van der Waals surface area contributed by atoms with Crippen LogP contribution in [0.4, 0.5) is 0 Å². The molecule has 2 rings (SSSR count). The maximum absolute atomic E-state index is 11.5. The highest BCUT2D eigenvalue weighted by atomic mass is 79.9. The molecule has 0 aliphatic rings. The zero-order valence-electron chi connectivity index (χ0n) is 10.5. The van der Waals surface area contributed by atoms with Crippen LogP contribution in [0.15, 0.2) is 40.9 Å². The molecule has 19 heavy (non-hydrogen) atoms.